The molecule has 2 bridgehead atoms. The third-order valence-electron chi connectivity index (χ3n) is 7.42. The first kappa shape index (κ1) is 17.9. The van der Waals surface area contributed by atoms with Gasteiger partial charge in [-0.15, -0.1) is 0 Å². The summed E-state index contributed by atoms with van der Waals surface area (Å²) in [6, 6.07) is 4.38. The predicted octanol–water partition coefficient (Wildman–Crippen LogP) is 4.37. The molecule has 0 radical (unpaired) electrons. The first-order valence-electron chi connectivity index (χ1n) is 9.66. The van der Waals surface area contributed by atoms with Gasteiger partial charge >= 0.3 is 0 Å². The predicted molar refractivity (Wildman–Crippen MR) is 94.3 cm³/mol. The van der Waals surface area contributed by atoms with Crippen molar-refractivity contribution in [3.8, 4) is 0 Å². The van der Waals surface area contributed by atoms with Crippen LogP contribution in [0.2, 0.25) is 0 Å². The second-order valence-corrected chi connectivity index (χ2v) is 8.84. The number of hydrogen-bond acceptors (Lipinski definition) is 2. The van der Waals surface area contributed by atoms with Gasteiger partial charge in [0.15, 0.2) is 11.6 Å². The molecule has 1 heterocycles. The average Bonchev–Trinajstić information content (AvgIpc) is 3.10. The highest BCUT2D eigenvalue weighted by Crippen LogP contribution is 2.70. The number of fused-ring (bicyclic) bond motifs is 1. The first-order valence-corrected chi connectivity index (χ1v) is 9.66. The van der Waals surface area contributed by atoms with E-state index in [0.717, 1.165) is 25.3 Å². The van der Waals surface area contributed by atoms with E-state index >= 15 is 0 Å². The van der Waals surface area contributed by atoms with Gasteiger partial charge in [-0.25, -0.2) is 8.78 Å². The number of carbonyl (C=O) groups is 1. The standard InChI is InChI=1S/C21H27F2NO2/c1-4-16(25)24-19-20(2,3)12-10-14-18(26-9-8-21(14,19)11-12)13-6-5-7-15(22)17(13)23/h5-7,12,14,18-19H,4,8-11H2,1-3H3,(H,24,25)/t12-,14-,18-,19+,21-/m1/s1. The van der Waals surface area contributed by atoms with Crippen LogP contribution >= 0.6 is 0 Å². The van der Waals surface area contributed by atoms with Crippen LogP contribution in [-0.2, 0) is 9.53 Å². The maximum absolute atomic E-state index is 14.5. The molecule has 1 aromatic carbocycles. The SMILES string of the molecule is CCC(=O)N[C@H]1C(C)(C)[C@@H]2C[C@@H]3[C@@H](c4cccc(F)c4F)OCC[C@@]31C2. The highest BCUT2D eigenvalue weighted by Gasteiger charge is 2.68. The minimum absolute atomic E-state index is 0.00367. The molecule has 1 N–H and O–H groups in total. The highest BCUT2D eigenvalue weighted by molar-refractivity contribution is 5.76. The lowest BCUT2D eigenvalue weighted by Crippen LogP contribution is -2.58. The van der Waals surface area contributed by atoms with Crippen molar-refractivity contribution in [2.45, 2.75) is 58.6 Å². The van der Waals surface area contributed by atoms with Gasteiger partial charge in [0, 0.05) is 24.6 Å². The van der Waals surface area contributed by atoms with Crippen molar-refractivity contribution < 1.29 is 18.3 Å². The van der Waals surface area contributed by atoms with Crippen LogP contribution in [-0.4, -0.2) is 18.6 Å². The van der Waals surface area contributed by atoms with Crippen LogP contribution < -0.4 is 5.32 Å². The van der Waals surface area contributed by atoms with Crippen LogP contribution in [0.25, 0.3) is 0 Å². The maximum Gasteiger partial charge on any atom is 0.219 e. The van der Waals surface area contributed by atoms with Crippen LogP contribution in [0.1, 0.15) is 58.1 Å². The summed E-state index contributed by atoms with van der Waals surface area (Å²) in [4.78, 5) is 12.2. The second-order valence-electron chi connectivity index (χ2n) is 8.84. The molecule has 1 saturated heterocycles. The van der Waals surface area contributed by atoms with Gasteiger partial charge in [-0.3, -0.25) is 4.79 Å². The van der Waals surface area contributed by atoms with Crippen molar-refractivity contribution in [3.05, 3.63) is 35.4 Å². The van der Waals surface area contributed by atoms with Gasteiger partial charge in [-0.2, -0.15) is 0 Å². The van der Waals surface area contributed by atoms with Crippen LogP contribution in [0.4, 0.5) is 8.78 Å². The van der Waals surface area contributed by atoms with Gasteiger partial charge in [0.05, 0.1) is 6.10 Å². The van der Waals surface area contributed by atoms with Crippen LogP contribution in [0, 0.1) is 34.3 Å². The van der Waals surface area contributed by atoms with Gasteiger partial charge in [-0.1, -0.05) is 32.9 Å². The average molecular weight is 363 g/mol. The van der Waals surface area contributed by atoms with E-state index in [1.165, 1.54) is 0 Å². The van der Waals surface area contributed by atoms with E-state index in [4.69, 9.17) is 4.74 Å². The Hall–Kier alpha value is -1.49. The van der Waals surface area contributed by atoms with E-state index in [1.54, 1.807) is 12.1 Å². The van der Waals surface area contributed by atoms with Gasteiger partial charge in [0.1, 0.15) is 0 Å². The van der Waals surface area contributed by atoms with Gasteiger partial charge in [0.2, 0.25) is 5.91 Å². The summed E-state index contributed by atoms with van der Waals surface area (Å²) in [5.74, 6) is -1.01. The first-order chi connectivity index (χ1) is 12.3. The molecule has 2 aliphatic carbocycles. The largest absolute Gasteiger partial charge is 0.373 e. The molecule has 5 heteroatoms. The van der Waals surface area contributed by atoms with Crippen molar-refractivity contribution in [3.63, 3.8) is 0 Å². The molecule has 3 fully saturated rings. The number of ether oxygens (including phenoxy) is 1. The Balaban J connectivity index is 1.73. The van der Waals surface area contributed by atoms with Crippen LogP contribution in [0.3, 0.4) is 0 Å². The molecule has 1 spiro atoms. The number of rotatable bonds is 3. The highest BCUT2D eigenvalue weighted by atomic mass is 19.2. The van der Waals surface area contributed by atoms with E-state index in [-0.39, 0.29) is 28.7 Å². The Kier molecular flexibility index (Phi) is 4.14. The molecule has 0 aromatic heterocycles. The molecule has 3 nitrogen and oxygen atoms in total. The Morgan fingerprint density at radius 1 is 1.35 bits per heavy atom. The fourth-order valence-electron chi connectivity index (χ4n) is 6.10. The lowest BCUT2D eigenvalue weighted by Gasteiger charge is -2.53. The normalized spacial score (nSPS) is 37.4. The van der Waals surface area contributed by atoms with E-state index in [0.29, 0.717) is 24.5 Å². The smallest absolute Gasteiger partial charge is 0.219 e. The third kappa shape index (κ3) is 2.35. The summed E-state index contributed by atoms with van der Waals surface area (Å²) in [7, 11) is 0. The molecule has 1 aromatic rings. The lowest BCUT2D eigenvalue weighted by atomic mass is 9.58. The number of benzene rings is 1. The van der Waals surface area contributed by atoms with Gasteiger partial charge in [-0.05, 0) is 48.0 Å². The molecular weight excluding hydrogens is 336 g/mol. The van der Waals surface area contributed by atoms with Gasteiger partial charge in [0.25, 0.3) is 0 Å². The zero-order valence-corrected chi connectivity index (χ0v) is 15.6. The summed E-state index contributed by atoms with van der Waals surface area (Å²) in [5, 5.41) is 3.28. The Labute approximate surface area is 153 Å². The van der Waals surface area contributed by atoms with Crippen molar-refractivity contribution in [2.24, 2.45) is 22.7 Å². The molecule has 1 amide bonds. The molecule has 142 valence electrons. The monoisotopic (exact) mass is 363 g/mol. The summed E-state index contributed by atoms with van der Waals surface area (Å²) in [6.45, 7) is 6.84. The summed E-state index contributed by atoms with van der Waals surface area (Å²) >= 11 is 0. The maximum atomic E-state index is 14.5. The minimum Gasteiger partial charge on any atom is -0.373 e. The van der Waals surface area contributed by atoms with Crippen LogP contribution in [0.5, 0.6) is 0 Å². The molecule has 4 rings (SSSR count). The molecule has 1 aliphatic heterocycles. The number of halogens is 2. The quantitative estimate of drug-likeness (QED) is 0.866. The Morgan fingerprint density at radius 2 is 2.12 bits per heavy atom. The zero-order chi connectivity index (χ0) is 18.7. The van der Waals surface area contributed by atoms with Crippen LogP contribution in [0.15, 0.2) is 18.2 Å². The number of hydrogen-bond donors (Lipinski definition) is 1. The summed E-state index contributed by atoms with van der Waals surface area (Å²) in [5.41, 5.74) is 0.227. The number of carbonyl (C=O) groups excluding carboxylic acids is 1. The van der Waals surface area contributed by atoms with Gasteiger partial charge < -0.3 is 10.1 Å². The Bertz CT molecular complexity index is 735. The minimum atomic E-state index is -0.829. The molecule has 5 atom stereocenters. The van der Waals surface area contributed by atoms with E-state index in [2.05, 4.69) is 19.2 Å². The Morgan fingerprint density at radius 3 is 2.85 bits per heavy atom. The molecular formula is C21H27F2NO2. The topological polar surface area (TPSA) is 38.3 Å². The van der Waals surface area contributed by atoms with Crippen molar-refractivity contribution >= 4 is 5.91 Å². The lowest BCUT2D eigenvalue weighted by molar-refractivity contribution is -0.137. The molecule has 3 aliphatic rings. The molecule has 2 saturated carbocycles. The molecule has 0 unspecified atom stereocenters. The second kappa shape index (κ2) is 6.01. The van der Waals surface area contributed by atoms with Crippen molar-refractivity contribution in [1.29, 1.82) is 0 Å². The van der Waals surface area contributed by atoms with Crippen molar-refractivity contribution in [2.75, 3.05) is 6.61 Å². The third-order valence-corrected chi connectivity index (χ3v) is 7.42. The fraction of sp³-hybridized carbons (Fsp3) is 0.667. The van der Waals surface area contributed by atoms with E-state index in [1.807, 2.05) is 6.92 Å². The fourth-order valence-corrected chi connectivity index (χ4v) is 6.10. The zero-order valence-electron chi connectivity index (χ0n) is 15.6. The number of amides is 1. The number of nitrogens with one attached hydrogen (secondary N) is 1. The van der Waals surface area contributed by atoms with Crippen molar-refractivity contribution in [1.82, 2.24) is 5.32 Å². The van der Waals surface area contributed by atoms with E-state index in [9.17, 15) is 13.6 Å². The molecule has 26 heavy (non-hydrogen) atoms. The van der Waals surface area contributed by atoms with E-state index < -0.39 is 17.7 Å². The summed E-state index contributed by atoms with van der Waals surface area (Å²) < 4.78 is 34.3. The summed E-state index contributed by atoms with van der Waals surface area (Å²) in [6.07, 6.45) is 2.83.